The Morgan fingerprint density at radius 3 is 1.25 bits per heavy atom. The Morgan fingerprint density at radius 2 is 0.874 bits per heavy atom. The minimum Gasteiger partial charge on any atom is -0.380 e. The molecule has 1 N–H and O–H groups in total. The lowest BCUT2D eigenvalue weighted by atomic mass is 10.1. The minimum atomic E-state index is -2.97. The highest BCUT2D eigenvalue weighted by molar-refractivity contribution is 7.91. The van der Waals surface area contributed by atoms with Crippen molar-refractivity contribution in [2.24, 2.45) is 0 Å². The van der Waals surface area contributed by atoms with E-state index in [-0.39, 0.29) is 28.9 Å². The van der Waals surface area contributed by atoms with E-state index in [9.17, 15) is 18.0 Å². The summed E-state index contributed by atoms with van der Waals surface area (Å²) in [5.41, 5.74) is 7.51. The van der Waals surface area contributed by atoms with Gasteiger partial charge in [-0.3, -0.25) is 37.7 Å². The summed E-state index contributed by atoms with van der Waals surface area (Å²) in [6, 6.07) is 1.23. The second-order valence-corrected chi connectivity index (χ2v) is 28.5. The molecule has 2 aliphatic rings. The molecule has 0 saturated carbocycles. The molecule has 490 valence electrons. The highest BCUT2D eigenvalue weighted by atomic mass is 32.2. The van der Waals surface area contributed by atoms with Crippen LogP contribution in [0.3, 0.4) is 0 Å². The Morgan fingerprint density at radius 1 is 0.517 bits per heavy atom. The highest BCUT2D eigenvalue weighted by Gasteiger charge is 2.20. The van der Waals surface area contributed by atoms with Crippen LogP contribution in [0.2, 0.25) is 0 Å². The van der Waals surface area contributed by atoms with Crippen molar-refractivity contribution in [3.63, 3.8) is 0 Å². The maximum Gasteiger partial charge on any atom is 0.243 e. The van der Waals surface area contributed by atoms with E-state index >= 15 is 0 Å². The molecule has 8 heterocycles. The quantitative estimate of drug-likeness (QED) is 0.0756. The number of hydrogen-bond donors (Lipinski definition) is 1. The molecule has 87 heavy (non-hydrogen) atoms. The molecule has 0 bridgehead atoms. The fraction of sp³-hybridized carbons (Fsp3) is 0.692. The van der Waals surface area contributed by atoms with Crippen LogP contribution in [0.25, 0.3) is 0 Å². The molecule has 2 aliphatic heterocycles. The molecule has 0 spiro atoms. The second-order valence-electron chi connectivity index (χ2n) is 25.8. The number of likely N-dealkylation sites (N-methyl/N-ethyl adjacent to an activating group) is 1. The molecule has 1 atom stereocenters. The molecule has 22 heteroatoms. The first kappa shape index (κ1) is 75.3. The highest BCUT2D eigenvalue weighted by Crippen LogP contribution is 2.24. The van der Waals surface area contributed by atoms with Crippen molar-refractivity contribution in [2.45, 2.75) is 221 Å². The number of sulfone groups is 1. The fourth-order valence-corrected chi connectivity index (χ4v) is 9.59. The number of carbonyl (C=O) groups is 2. The predicted octanol–water partition coefficient (Wildman–Crippen LogP) is 10.7. The van der Waals surface area contributed by atoms with Gasteiger partial charge in [0.15, 0.2) is 9.84 Å². The molecule has 21 nitrogen and oxygen atoms in total. The Labute approximate surface area is 523 Å². The van der Waals surface area contributed by atoms with Gasteiger partial charge in [-0.2, -0.15) is 30.6 Å². The van der Waals surface area contributed by atoms with Crippen LogP contribution < -0.4 is 5.32 Å². The van der Waals surface area contributed by atoms with E-state index in [0.717, 1.165) is 30.8 Å². The molecule has 2 amide bonds. The van der Waals surface area contributed by atoms with E-state index in [0.29, 0.717) is 73.6 Å². The third-order valence-electron chi connectivity index (χ3n) is 15.6. The first-order chi connectivity index (χ1) is 40.9. The molecular formula is C65H114N16O5S. The van der Waals surface area contributed by atoms with Crippen LogP contribution >= 0.6 is 0 Å². The standard InChI is InChI=1S/C12H21N3.C11H19N3O.C11H19N3.C11H20N2O2S.C10H17N3O.C10H18N2O/c1-10(2)11-8-13-15(9-11)12-4-6-14(3)7-5-12;1-9(2)10-7-12-14(8-10)6-5-11(15)13(3)4;1-9(2)10-7-13-14(8-10)11-3-5-12-6-4-11;1-9(2)11-7-12-13(8-11)5-6-16(14,15)10(3)4;1-8(2)9-5-11-13(6-9)7-10(14)12(3)4;1-8(2)10-5-11-12(7-10)6-9(3)13-4/h8-10,12H,4-7H2,1-3H3;7-9H,5-6H2,1-4H3;7-9,11-12H,3-6H2,1-2H3;7-10H,5-6H2,1-4H3;5-6,8H,7H2,1-4H3;5,7-9H,6H2,1-4H3. The van der Waals surface area contributed by atoms with Crippen molar-refractivity contribution in [1.82, 2.24) is 78.7 Å². The number of piperidine rings is 2. The summed E-state index contributed by atoms with van der Waals surface area (Å²) in [5.74, 6) is 3.45. The number of nitrogens with zero attached hydrogens (tertiary/aromatic N) is 15. The van der Waals surface area contributed by atoms with E-state index in [2.05, 4.69) is 159 Å². The lowest BCUT2D eigenvalue weighted by Gasteiger charge is -2.29. The second kappa shape index (κ2) is 37.8. The van der Waals surface area contributed by atoms with Crippen molar-refractivity contribution in [2.75, 3.05) is 74.3 Å². The molecule has 0 aromatic carbocycles. The number of carbonyl (C=O) groups excluding carboxylic acids is 2. The molecule has 6 aromatic rings. The van der Waals surface area contributed by atoms with Gasteiger partial charge in [-0.15, -0.1) is 0 Å². The van der Waals surface area contributed by atoms with Crippen LogP contribution in [0.1, 0.15) is 217 Å². The van der Waals surface area contributed by atoms with Gasteiger partial charge in [0.2, 0.25) is 11.8 Å². The molecule has 0 aliphatic carbocycles. The number of amides is 2. The number of hydrogen-bond acceptors (Lipinski definition) is 13. The van der Waals surface area contributed by atoms with E-state index in [1.54, 1.807) is 74.5 Å². The average molecular weight is 1230 g/mol. The smallest absolute Gasteiger partial charge is 0.243 e. The zero-order valence-electron chi connectivity index (χ0n) is 57.3. The minimum absolute atomic E-state index is 0.0587. The van der Waals surface area contributed by atoms with Gasteiger partial charge in [-0.25, -0.2) is 8.42 Å². The molecule has 2 saturated heterocycles. The van der Waals surface area contributed by atoms with Crippen LogP contribution in [0.4, 0.5) is 0 Å². The number of likely N-dealkylation sites (tertiary alicyclic amines) is 1. The van der Waals surface area contributed by atoms with Crippen LogP contribution in [-0.2, 0) is 50.3 Å². The lowest BCUT2D eigenvalue weighted by Crippen LogP contribution is -2.31. The third-order valence-corrected chi connectivity index (χ3v) is 17.8. The van der Waals surface area contributed by atoms with Gasteiger partial charge >= 0.3 is 0 Å². The summed E-state index contributed by atoms with van der Waals surface area (Å²) >= 11 is 0. The van der Waals surface area contributed by atoms with E-state index in [1.807, 2.05) is 65.9 Å². The summed E-state index contributed by atoms with van der Waals surface area (Å²) < 4.78 is 39.8. The largest absolute Gasteiger partial charge is 0.380 e. The van der Waals surface area contributed by atoms with Gasteiger partial charge in [0.05, 0.1) is 79.5 Å². The van der Waals surface area contributed by atoms with Gasteiger partial charge in [0, 0.05) is 85.4 Å². The van der Waals surface area contributed by atoms with Crippen molar-refractivity contribution >= 4 is 21.7 Å². The van der Waals surface area contributed by atoms with Crippen LogP contribution in [0.15, 0.2) is 74.4 Å². The fourth-order valence-electron chi connectivity index (χ4n) is 8.68. The molecule has 8 rings (SSSR count). The van der Waals surface area contributed by atoms with Gasteiger partial charge in [0.25, 0.3) is 0 Å². The first-order valence-electron chi connectivity index (χ1n) is 31.6. The maximum absolute atomic E-state index is 11.6. The Kier molecular flexibility index (Phi) is 32.7. The topological polar surface area (TPSA) is 206 Å². The monoisotopic (exact) mass is 1230 g/mol. The van der Waals surface area contributed by atoms with Gasteiger partial charge in [0.1, 0.15) is 6.54 Å². The number of aromatic nitrogens is 12. The van der Waals surface area contributed by atoms with Crippen molar-refractivity contribution in [3.05, 3.63) is 108 Å². The predicted molar refractivity (Wildman–Crippen MR) is 352 cm³/mol. The van der Waals surface area contributed by atoms with Crippen molar-refractivity contribution < 1.29 is 22.7 Å². The van der Waals surface area contributed by atoms with Gasteiger partial charge in [-0.1, -0.05) is 83.1 Å². The normalized spacial score (nSPS) is 14.4. The van der Waals surface area contributed by atoms with Crippen molar-refractivity contribution in [3.8, 4) is 0 Å². The Hall–Kier alpha value is -5.97. The summed E-state index contributed by atoms with van der Waals surface area (Å²) in [6.45, 7) is 38.2. The number of methoxy groups -OCH3 is 1. The first-order valence-corrected chi connectivity index (χ1v) is 33.3. The third kappa shape index (κ3) is 27.5. The number of aryl methyl sites for hydroxylation is 2. The molecular weight excluding hydrogens is 1120 g/mol. The summed E-state index contributed by atoms with van der Waals surface area (Å²) in [4.78, 5) is 28.3. The van der Waals surface area contributed by atoms with E-state index in [1.165, 1.54) is 61.0 Å². The van der Waals surface area contributed by atoms with Crippen molar-refractivity contribution in [1.29, 1.82) is 0 Å². The zero-order valence-corrected chi connectivity index (χ0v) is 58.1. The number of nitrogens with one attached hydrogen (secondary N) is 1. The van der Waals surface area contributed by atoms with Crippen LogP contribution in [0.5, 0.6) is 0 Å². The zero-order chi connectivity index (χ0) is 65.1. The van der Waals surface area contributed by atoms with Gasteiger partial charge < -0.3 is 24.8 Å². The average Bonchev–Trinajstić information content (AvgIpc) is 3.99. The SMILES string of the molecule is CC(C)c1cnn(C2CCN(C)CC2)c1.CC(C)c1cnn(C2CCNCC2)c1.CC(C)c1cnn(CC(=O)N(C)C)c1.CC(C)c1cnn(CCC(=O)N(C)C)c1.CC(C)c1cnn(CCS(=O)(=O)C(C)C)c1.COC(C)Cn1cc(C(C)C)cn1. The maximum atomic E-state index is 11.6. The number of ether oxygens (including phenoxy) is 1. The van der Waals surface area contributed by atoms with E-state index < -0.39 is 9.84 Å². The van der Waals surface area contributed by atoms with E-state index in [4.69, 9.17) is 4.74 Å². The van der Waals surface area contributed by atoms with Gasteiger partial charge in [-0.05, 0) is 149 Å². The lowest BCUT2D eigenvalue weighted by molar-refractivity contribution is -0.130. The summed E-state index contributed by atoms with van der Waals surface area (Å²) in [7, 11) is 7.97. The molecule has 0 radical (unpaired) electrons. The van der Waals surface area contributed by atoms with Crippen LogP contribution in [0, 0.1) is 0 Å². The Bertz CT molecular complexity index is 2940. The molecule has 1 unspecified atom stereocenters. The van der Waals surface area contributed by atoms with Crippen LogP contribution in [-0.4, -0.2) is 179 Å². The Balaban J connectivity index is 0.000000273. The molecule has 6 aromatic heterocycles. The summed E-state index contributed by atoms with van der Waals surface area (Å²) in [6.07, 6.45) is 29.4. The number of rotatable bonds is 20. The molecule has 2 fully saturated rings. The summed E-state index contributed by atoms with van der Waals surface area (Å²) in [5, 5.41) is 28.8.